The lowest BCUT2D eigenvalue weighted by atomic mass is 10.1. The molecule has 0 bridgehead atoms. The summed E-state index contributed by atoms with van der Waals surface area (Å²) in [7, 11) is 0. The summed E-state index contributed by atoms with van der Waals surface area (Å²) in [6.07, 6.45) is 0.395. The van der Waals surface area contributed by atoms with E-state index in [9.17, 15) is 19.7 Å². The number of aromatic carboxylic acids is 1. The van der Waals surface area contributed by atoms with Crippen molar-refractivity contribution < 1.29 is 19.6 Å². The molecule has 1 aromatic carbocycles. The van der Waals surface area contributed by atoms with E-state index in [1.54, 1.807) is 0 Å². The second-order valence-electron chi connectivity index (χ2n) is 3.68. The van der Waals surface area contributed by atoms with Gasteiger partial charge in [0.05, 0.1) is 10.5 Å². The molecule has 104 valence electrons. The van der Waals surface area contributed by atoms with E-state index in [2.05, 4.69) is 11.8 Å². The van der Waals surface area contributed by atoms with Crippen LogP contribution in [0, 0.1) is 22.0 Å². The van der Waals surface area contributed by atoms with Crippen LogP contribution in [-0.2, 0) is 4.79 Å². The van der Waals surface area contributed by atoms with Crippen LogP contribution in [0.15, 0.2) is 18.2 Å². The van der Waals surface area contributed by atoms with E-state index in [0.29, 0.717) is 12.2 Å². The Morgan fingerprint density at radius 2 is 2.15 bits per heavy atom. The Morgan fingerprint density at radius 3 is 2.70 bits per heavy atom. The summed E-state index contributed by atoms with van der Waals surface area (Å²) in [4.78, 5) is 31.7. The largest absolute Gasteiger partial charge is 0.478 e. The number of non-ortho nitro benzene ring substituents is 1. The fraction of sp³-hybridized carbons (Fsp3) is 0.231. The van der Waals surface area contributed by atoms with Gasteiger partial charge < -0.3 is 5.11 Å². The van der Waals surface area contributed by atoms with Gasteiger partial charge in [0.1, 0.15) is 0 Å². The maximum atomic E-state index is 11.0. The summed E-state index contributed by atoms with van der Waals surface area (Å²) in [5, 5.41) is 19.6. The summed E-state index contributed by atoms with van der Waals surface area (Å²) in [6.45, 7) is 1.45. The van der Waals surface area contributed by atoms with E-state index >= 15 is 0 Å². The highest BCUT2D eigenvalue weighted by Gasteiger charge is 2.13. The van der Waals surface area contributed by atoms with Gasteiger partial charge >= 0.3 is 5.97 Å². The Kier molecular flexibility index (Phi) is 5.74. The number of carbonyl (C=O) groups is 2. The minimum absolute atomic E-state index is 0.0200. The van der Waals surface area contributed by atoms with E-state index in [1.165, 1.54) is 6.92 Å². The van der Waals surface area contributed by atoms with Gasteiger partial charge in [0.25, 0.3) is 5.69 Å². The van der Waals surface area contributed by atoms with Crippen LogP contribution in [0.2, 0.25) is 0 Å². The molecule has 0 aliphatic heterocycles. The maximum absolute atomic E-state index is 11.0. The van der Waals surface area contributed by atoms with Crippen molar-refractivity contribution in [2.24, 2.45) is 0 Å². The number of thioether (sulfide) groups is 1. The van der Waals surface area contributed by atoms with Crippen molar-refractivity contribution in [1.29, 1.82) is 0 Å². The number of rotatable bonds is 4. The van der Waals surface area contributed by atoms with Gasteiger partial charge in [0.2, 0.25) is 0 Å². The van der Waals surface area contributed by atoms with E-state index in [4.69, 9.17) is 5.11 Å². The summed E-state index contributed by atoms with van der Waals surface area (Å²) >= 11 is 1.12. The molecule has 0 spiro atoms. The zero-order valence-corrected chi connectivity index (χ0v) is 11.4. The number of nitro groups is 1. The lowest BCUT2D eigenvalue weighted by Crippen LogP contribution is -2.01. The zero-order valence-electron chi connectivity index (χ0n) is 10.6. The molecule has 0 saturated carbocycles. The van der Waals surface area contributed by atoms with E-state index in [-0.39, 0.29) is 21.9 Å². The highest BCUT2D eigenvalue weighted by atomic mass is 32.2. The number of carboxylic acid groups (broad SMARTS) is 1. The first-order chi connectivity index (χ1) is 9.41. The molecule has 6 nitrogen and oxygen atoms in total. The van der Waals surface area contributed by atoms with Crippen LogP contribution >= 0.6 is 11.8 Å². The number of hydrogen-bond acceptors (Lipinski definition) is 5. The minimum Gasteiger partial charge on any atom is -0.478 e. The zero-order chi connectivity index (χ0) is 15.1. The molecule has 7 heteroatoms. The Labute approximate surface area is 119 Å². The molecule has 0 aliphatic carbocycles. The van der Waals surface area contributed by atoms with E-state index < -0.39 is 10.9 Å². The third-order valence-corrected chi connectivity index (χ3v) is 3.01. The molecule has 1 N–H and O–H groups in total. The van der Waals surface area contributed by atoms with Crippen molar-refractivity contribution in [3.05, 3.63) is 39.4 Å². The highest BCUT2D eigenvalue weighted by Crippen LogP contribution is 2.17. The maximum Gasteiger partial charge on any atom is 0.336 e. The average molecular weight is 293 g/mol. The van der Waals surface area contributed by atoms with Crippen molar-refractivity contribution in [2.75, 3.05) is 5.75 Å². The molecule has 0 fully saturated rings. The van der Waals surface area contributed by atoms with Gasteiger partial charge in [0.15, 0.2) is 5.12 Å². The van der Waals surface area contributed by atoms with Crippen molar-refractivity contribution in [3.63, 3.8) is 0 Å². The Balaban J connectivity index is 2.93. The molecule has 0 radical (unpaired) electrons. The standard InChI is InChI=1S/C13H11NO5S/c1-9(15)20-7-3-2-4-10-8-11(14(18)19)5-6-12(10)13(16)17/h5-6,8H,3,7H2,1H3,(H,16,17). The van der Waals surface area contributed by atoms with Crippen LogP contribution in [0.5, 0.6) is 0 Å². The molecular weight excluding hydrogens is 282 g/mol. The third kappa shape index (κ3) is 4.74. The summed E-state index contributed by atoms with van der Waals surface area (Å²) < 4.78 is 0. The first-order valence-corrected chi connectivity index (χ1v) is 6.54. The van der Waals surface area contributed by atoms with Crippen LogP contribution in [0.25, 0.3) is 0 Å². The summed E-state index contributed by atoms with van der Waals surface area (Å²) in [5.74, 6) is 4.62. The predicted molar refractivity (Wildman–Crippen MR) is 74.7 cm³/mol. The normalized spacial score (nSPS) is 9.45. The molecule has 20 heavy (non-hydrogen) atoms. The molecule has 0 aliphatic rings. The molecular formula is C13H11NO5S. The number of carbonyl (C=O) groups excluding carboxylic acids is 1. The smallest absolute Gasteiger partial charge is 0.336 e. The van der Waals surface area contributed by atoms with Gasteiger partial charge in [-0.15, -0.1) is 0 Å². The lowest BCUT2D eigenvalue weighted by Gasteiger charge is -1.99. The quantitative estimate of drug-likeness (QED) is 0.396. The number of nitrogens with zero attached hydrogens (tertiary/aromatic N) is 1. The van der Waals surface area contributed by atoms with Crippen molar-refractivity contribution >= 4 is 28.5 Å². The lowest BCUT2D eigenvalue weighted by molar-refractivity contribution is -0.384. The van der Waals surface area contributed by atoms with Crippen molar-refractivity contribution in [1.82, 2.24) is 0 Å². The topological polar surface area (TPSA) is 97.5 Å². The van der Waals surface area contributed by atoms with Crippen LogP contribution in [0.1, 0.15) is 29.3 Å². The summed E-state index contributed by atoms with van der Waals surface area (Å²) in [5.41, 5.74) is -0.195. The van der Waals surface area contributed by atoms with Gasteiger partial charge in [0, 0.05) is 36.8 Å². The van der Waals surface area contributed by atoms with Crippen LogP contribution in [0.3, 0.4) is 0 Å². The first-order valence-electron chi connectivity index (χ1n) is 5.55. The van der Waals surface area contributed by atoms with E-state index in [0.717, 1.165) is 30.0 Å². The Morgan fingerprint density at radius 1 is 1.45 bits per heavy atom. The van der Waals surface area contributed by atoms with Crippen molar-refractivity contribution in [3.8, 4) is 11.8 Å². The average Bonchev–Trinajstić information content (AvgIpc) is 2.37. The fourth-order valence-electron chi connectivity index (χ4n) is 1.34. The minimum atomic E-state index is -1.19. The summed E-state index contributed by atoms with van der Waals surface area (Å²) in [6, 6.07) is 3.42. The first kappa shape index (κ1) is 15.7. The third-order valence-electron chi connectivity index (χ3n) is 2.20. The SMILES string of the molecule is CC(=O)SCCC#Cc1cc([N+](=O)[O-])ccc1C(=O)O. The van der Waals surface area contributed by atoms with Gasteiger partial charge in [-0.25, -0.2) is 4.79 Å². The molecule has 1 aromatic rings. The predicted octanol–water partition coefficient (Wildman–Crippen LogP) is 2.31. The van der Waals surface area contributed by atoms with Gasteiger partial charge in [-0.3, -0.25) is 14.9 Å². The molecule has 0 atom stereocenters. The van der Waals surface area contributed by atoms with Crippen LogP contribution < -0.4 is 0 Å². The number of hydrogen-bond donors (Lipinski definition) is 1. The Hall–Kier alpha value is -2.33. The molecule has 0 amide bonds. The number of nitro benzene ring substituents is 1. The second-order valence-corrected chi connectivity index (χ2v) is 4.96. The number of carboxylic acids is 1. The van der Waals surface area contributed by atoms with Crippen LogP contribution in [-0.4, -0.2) is 26.9 Å². The van der Waals surface area contributed by atoms with Crippen LogP contribution in [0.4, 0.5) is 5.69 Å². The molecule has 0 aromatic heterocycles. The highest BCUT2D eigenvalue weighted by molar-refractivity contribution is 8.13. The molecule has 0 saturated heterocycles. The monoisotopic (exact) mass is 293 g/mol. The molecule has 0 unspecified atom stereocenters. The van der Waals surface area contributed by atoms with Gasteiger partial charge in [-0.1, -0.05) is 23.6 Å². The second kappa shape index (κ2) is 7.31. The van der Waals surface area contributed by atoms with Crippen molar-refractivity contribution in [2.45, 2.75) is 13.3 Å². The van der Waals surface area contributed by atoms with E-state index in [1.807, 2.05) is 0 Å². The number of benzene rings is 1. The van der Waals surface area contributed by atoms with Gasteiger partial charge in [-0.2, -0.15) is 0 Å². The van der Waals surface area contributed by atoms with Gasteiger partial charge in [-0.05, 0) is 6.07 Å². The fourth-order valence-corrected chi connectivity index (χ4v) is 1.83. The Bertz CT molecular complexity index is 615. The molecule has 0 heterocycles. The molecule has 1 rings (SSSR count).